The van der Waals surface area contributed by atoms with Gasteiger partial charge in [-0.2, -0.15) is 0 Å². The standard InChI is InChI=1S/C15H12N4O/c16-11-5-3-4-10-7-8-12(18-14(10)11)15(20)19-13-6-1-2-9-17-13/h1-9H,16H2,(H,17,19,20). The highest BCUT2D eigenvalue weighted by molar-refractivity contribution is 6.04. The van der Waals surface area contributed by atoms with Gasteiger partial charge in [0.15, 0.2) is 0 Å². The number of carbonyl (C=O) groups is 1. The number of carbonyl (C=O) groups excluding carboxylic acids is 1. The molecule has 20 heavy (non-hydrogen) atoms. The van der Waals surface area contributed by atoms with Crippen LogP contribution in [0.2, 0.25) is 0 Å². The summed E-state index contributed by atoms with van der Waals surface area (Å²) < 4.78 is 0. The van der Waals surface area contributed by atoms with Gasteiger partial charge in [0.1, 0.15) is 11.5 Å². The molecule has 0 fully saturated rings. The van der Waals surface area contributed by atoms with E-state index in [0.29, 0.717) is 22.7 Å². The van der Waals surface area contributed by atoms with Crippen LogP contribution >= 0.6 is 0 Å². The van der Waals surface area contributed by atoms with Crippen LogP contribution in [-0.4, -0.2) is 15.9 Å². The van der Waals surface area contributed by atoms with Crippen molar-refractivity contribution in [3.05, 3.63) is 60.4 Å². The summed E-state index contributed by atoms with van der Waals surface area (Å²) in [7, 11) is 0. The van der Waals surface area contributed by atoms with Crippen molar-refractivity contribution in [2.45, 2.75) is 0 Å². The normalized spacial score (nSPS) is 10.4. The van der Waals surface area contributed by atoms with Crippen LogP contribution in [0.1, 0.15) is 10.5 Å². The number of pyridine rings is 2. The molecule has 0 saturated heterocycles. The first-order valence-corrected chi connectivity index (χ1v) is 6.12. The van der Waals surface area contributed by atoms with Gasteiger partial charge >= 0.3 is 0 Å². The van der Waals surface area contributed by atoms with Crippen molar-refractivity contribution >= 4 is 28.3 Å². The van der Waals surface area contributed by atoms with Crippen molar-refractivity contribution in [1.82, 2.24) is 9.97 Å². The minimum atomic E-state index is -0.311. The first kappa shape index (κ1) is 12.1. The van der Waals surface area contributed by atoms with Gasteiger partial charge in [-0.25, -0.2) is 9.97 Å². The highest BCUT2D eigenvalue weighted by atomic mass is 16.1. The van der Waals surface area contributed by atoms with Crippen molar-refractivity contribution < 1.29 is 4.79 Å². The molecule has 2 heterocycles. The summed E-state index contributed by atoms with van der Waals surface area (Å²) in [4.78, 5) is 20.5. The molecule has 5 nitrogen and oxygen atoms in total. The fourth-order valence-electron chi connectivity index (χ4n) is 1.91. The molecule has 98 valence electrons. The molecule has 3 rings (SSSR count). The van der Waals surface area contributed by atoms with Gasteiger partial charge in [-0.05, 0) is 24.3 Å². The minimum Gasteiger partial charge on any atom is -0.397 e. The fourth-order valence-corrected chi connectivity index (χ4v) is 1.91. The van der Waals surface area contributed by atoms with Crippen LogP contribution in [0.25, 0.3) is 10.9 Å². The summed E-state index contributed by atoms with van der Waals surface area (Å²) in [5.41, 5.74) is 7.35. The maximum atomic E-state index is 12.1. The summed E-state index contributed by atoms with van der Waals surface area (Å²) in [6, 6.07) is 14.3. The lowest BCUT2D eigenvalue weighted by atomic mass is 10.1. The van der Waals surface area contributed by atoms with Crippen molar-refractivity contribution in [2.24, 2.45) is 0 Å². The molecule has 3 N–H and O–H groups in total. The summed E-state index contributed by atoms with van der Waals surface area (Å²) in [6.07, 6.45) is 1.61. The largest absolute Gasteiger partial charge is 0.397 e. The van der Waals surface area contributed by atoms with Gasteiger partial charge in [0, 0.05) is 11.6 Å². The molecule has 0 unspecified atom stereocenters. The molecule has 1 aromatic carbocycles. The smallest absolute Gasteiger partial charge is 0.275 e. The van der Waals surface area contributed by atoms with E-state index in [4.69, 9.17) is 5.73 Å². The van der Waals surface area contributed by atoms with E-state index >= 15 is 0 Å². The number of hydrogen-bond acceptors (Lipinski definition) is 4. The van der Waals surface area contributed by atoms with E-state index in [1.165, 1.54) is 0 Å². The summed E-state index contributed by atoms with van der Waals surface area (Å²) >= 11 is 0. The zero-order valence-electron chi connectivity index (χ0n) is 10.6. The number of benzene rings is 1. The predicted octanol–water partition coefficient (Wildman–Crippen LogP) is 2.46. The fraction of sp³-hybridized carbons (Fsp3) is 0. The Morgan fingerprint density at radius 2 is 1.95 bits per heavy atom. The minimum absolute atomic E-state index is 0.307. The molecule has 0 bridgehead atoms. The van der Waals surface area contributed by atoms with Gasteiger partial charge < -0.3 is 11.1 Å². The summed E-state index contributed by atoms with van der Waals surface area (Å²) in [5.74, 6) is 0.175. The highest BCUT2D eigenvalue weighted by Gasteiger charge is 2.10. The van der Waals surface area contributed by atoms with Crippen LogP contribution in [-0.2, 0) is 0 Å². The predicted molar refractivity (Wildman–Crippen MR) is 78.3 cm³/mol. The Morgan fingerprint density at radius 1 is 1.05 bits per heavy atom. The number of fused-ring (bicyclic) bond motifs is 1. The molecule has 0 aliphatic heterocycles. The molecule has 0 atom stereocenters. The number of para-hydroxylation sites is 1. The average molecular weight is 264 g/mol. The Labute approximate surface area is 115 Å². The summed E-state index contributed by atoms with van der Waals surface area (Å²) in [6.45, 7) is 0. The first-order chi connectivity index (χ1) is 9.74. The number of aromatic nitrogens is 2. The number of anilines is 2. The molecular weight excluding hydrogens is 252 g/mol. The van der Waals surface area contributed by atoms with Crippen LogP contribution in [0.4, 0.5) is 11.5 Å². The molecule has 3 aromatic rings. The van der Waals surface area contributed by atoms with Crippen molar-refractivity contribution in [2.75, 3.05) is 11.1 Å². The number of nitrogen functional groups attached to an aromatic ring is 1. The Hall–Kier alpha value is -2.95. The molecule has 1 amide bonds. The van der Waals surface area contributed by atoms with E-state index in [9.17, 15) is 4.79 Å². The average Bonchev–Trinajstić information content (AvgIpc) is 2.48. The number of hydrogen-bond donors (Lipinski definition) is 2. The third-order valence-corrected chi connectivity index (χ3v) is 2.89. The highest BCUT2D eigenvalue weighted by Crippen LogP contribution is 2.19. The van der Waals surface area contributed by atoms with E-state index < -0.39 is 0 Å². The monoisotopic (exact) mass is 264 g/mol. The second kappa shape index (κ2) is 4.97. The number of amides is 1. The Balaban J connectivity index is 1.94. The van der Waals surface area contributed by atoms with E-state index in [0.717, 1.165) is 5.39 Å². The molecule has 5 heteroatoms. The molecular formula is C15H12N4O. The molecule has 0 radical (unpaired) electrons. The maximum absolute atomic E-state index is 12.1. The van der Waals surface area contributed by atoms with Gasteiger partial charge in [0.2, 0.25) is 0 Å². The Morgan fingerprint density at radius 3 is 2.75 bits per heavy atom. The van der Waals surface area contributed by atoms with Gasteiger partial charge in [-0.1, -0.05) is 24.3 Å². The van der Waals surface area contributed by atoms with E-state index in [2.05, 4.69) is 15.3 Å². The molecule has 2 aromatic heterocycles. The van der Waals surface area contributed by atoms with Crippen molar-refractivity contribution in [3.63, 3.8) is 0 Å². The number of nitrogens with two attached hydrogens (primary N) is 1. The Bertz CT molecular complexity index is 771. The second-order valence-electron chi connectivity index (χ2n) is 4.28. The number of nitrogens with one attached hydrogen (secondary N) is 1. The van der Waals surface area contributed by atoms with Crippen LogP contribution in [0, 0.1) is 0 Å². The maximum Gasteiger partial charge on any atom is 0.275 e. The lowest BCUT2D eigenvalue weighted by Crippen LogP contribution is -2.14. The third-order valence-electron chi connectivity index (χ3n) is 2.89. The van der Waals surface area contributed by atoms with E-state index in [-0.39, 0.29) is 5.91 Å². The summed E-state index contributed by atoms with van der Waals surface area (Å²) in [5, 5.41) is 3.59. The zero-order valence-corrected chi connectivity index (χ0v) is 10.6. The van der Waals surface area contributed by atoms with Crippen molar-refractivity contribution in [1.29, 1.82) is 0 Å². The van der Waals surface area contributed by atoms with Crippen LogP contribution in [0.15, 0.2) is 54.7 Å². The molecule has 0 aliphatic rings. The van der Waals surface area contributed by atoms with Gasteiger partial charge in [0.25, 0.3) is 5.91 Å². The lowest BCUT2D eigenvalue weighted by molar-refractivity contribution is 0.102. The van der Waals surface area contributed by atoms with E-state index in [1.54, 1.807) is 36.5 Å². The van der Waals surface area contributed by atoms with Gasteiger partial charge in [-0.15, -0.1) is 0 Å². The second-order valence-corrected chi connectivity index (χ2v) is 4.28. The van der Waals surface area contributed by atoms with Gasteiger partial charge in [0.05, 0.1) is 11.2 Å². The topological polar surface area (TPSA) is 80.9 Å². The molecule has 0 spiro atoms. The van der Waals surface area contributed by atoms with Crippen molar-refractivity contribution in [3.8, 4) is 0 Å². The zero-order chi connectivity index (χ0) is 13.9. The Kier molecular flexibility index (Phi) is 3.01. The molecule has 0 saturated carbocycles. The van der Waals surface area contributed by atoms with Gasteiger partial charge in [-0.3, -0.25) is 4.79 Å². The van der Waals surface area contributed by atoms with Crippen LogP contribution in [0.3, 0.4) is 0 Å². The quantitative estimate of drug-likeness (QED) is 0.697. The van der Waals surface area contributed by atoms with Crippen LogP contribution < -0.4 is 11.1 Å². The lowest BCUT2D eigenvalue weighted by Gasteiger charge is -2.06. The number of nitrogens with zero attached hydrogens (tertiary/aromatic N) is 2. The third kappa shape index (κ3) is 2.29. The molecule has 0 aliphatic carbocycles. The van der Waals surface area contributed by atoms with E-state index in [1.807, 2.05) is 18.2 Å². The number of rotatable bonds is 2. The first-order valence-electron chi connectivity index (χ1n) is 6.12. The van der Waals surface area contributed by atoms with Crippen LogP contribution in [0.5, 0.6) is 0 Å². The SMILES string of the molecule is Nc1cccc2ccc(C(=O)Nc3ccccn3)nc12.